The lowest BCUT2D eigenvalue weighted by Gasteiger charge is -2.24. The van der Waals surface area contributed by atoms with Crippen molar-refractivity contribution in [1.82, 2.24) is 9.78 Å². The molecule has 1 aromatic heterocycles. The lowest BCUT2D eigenvalue weighted by atomic mass is 10.0. The molecule has 2 heterocycles. The summed E-state index contributed by atoms with van der Waals surface area (Å²) in [7, 11) is 0. The zero-order valence-corrected chi connectivity index (χ0v) is 10.6. The fraction of sp³-hybridized carbons (Fsp3) is 0.429. The van der Waals surface area contributed by atoms with Crippen LogP contribution < -0.4 is 0 Å². The van der Waals surface area contributed by atoms with Gasteiger partial charge in [-0.2, -0.15) is 9.78 Å². The van der Waals surface area contributed by atoms with Crippen LogP contribution in [0.4, 0.5) is 0 Å². The molecular weight excluding hydrogens is 228 g/mol. The monoisotopic (exact) mass is 244 g/mol. The molecule has 0 N–H and O–H groups in total. The number of hydrogen-bond donors (Lipinski definition) is 0. The van der Waals surface area contributed by atoms with Crippen LogP contribution in [-0.4, -0.2) is 28.4 Å². The molecule has 1 atom stereocenters. The van der Waals surface area contributed by atoms with E-state index in [-0.39, 0.29) is 12.0 Å². The van der Waals surface area contributed by atoms with Gasteiger partial charge < -0.3 is 4.74 Å². The maximum atomic E-state index is 12.2. The first-order chi connectivity index (χ1) is 8.66. The summed E-state index contributed by atoms with van der Waals surface area (Å²) >= 11 is 0. The van der Waals surface area contributed by atoms with Gasteiger partial charge in [-0.3, -0.25) is 4.79 Å². The SMILES string of the molecule is CC(C)c1ccc2cnn(C(=O)C3CCO3)c2c1. The van der Waals surface area contributed by atoms with E-state index in [0.29, 0.717) is 12.5 Å². The number of benzene rings is 1. The van der Waals surface area contributed by atoms with Gasteiger partial charge in [0.05, 0.1) is 18.3 Å². The molecule has 0 aliphatic carbocycles. The summed E-state index contributed by atoms with van der Waals surface area (Å²) < 4.78 is 6.71. The lowest BCUT2D eigenvalue weighted by molar-refractivity contribution is -0.0376. The number of fused-ring (bicyclic) bond motifs is 1. The van der Waals surface area contributed by atoms with E-state index < -0.39 is 0 Å². The van der Waals surface area contributed by atoms with Gasteiger partial charge in [0.1, 0.15) is 6.10 Å². The van der Waals surface area contributed by atoms with E-state index in [2.05, 4.69) is 25.0 Å². The Hall–Kier alpha value is -1.68. The second-order valence-electron chi connectivity index (χ2n) is 5.02. The molecule has 0 amide bonds. The smallest absolute Gasteiger partial charge is 0.276 e. The van der Waals surface area contributed by atoms with Gasteiger partial charge in [-0.05, 0) is 17.5 Å². The Morgan fingerprint density at radius 2 is 2.28 bits per heavy atom. The summed E-state index contributed by atoms with van der Waals surface area (Å²) in [6.07, 6.45) is 2.22. The average Bonchev–Trinajstić information content (AvgIpc) is 2.68. The van der Waals surface area contributed by atoms with Crippen LogP contribution in [0.25, 0.3) is 10.9 Å². The molecule has 0 spiro atoms. The Balaban J connectivity index is 2.05. The van der Waals surface area contributed by atoms with Gasteiger partial charge in [-0.15, -0.1) is 0 Å². The Labute approximate surface area is 106 Å². The molecule has 4 nitrogen and oxygen atoms in total. The third-order valence-corrected chi connectivity index (χ3v) is 3.44. The normalized spacial score (nSPS) is 19.2. The minimum absolute atomic E-state index is 0.0582. The summed E-state index contributed by atoms with van der Waals surface area (Å²) in [5.74, 6) is 0.380. The quantitative estimate of drug-likeness (QED) is 0.815. The molecule has 1 saturated heterocycles. The first-order valence-corrected chi connectivity index (χ1v) is 6.30. The van der Waals surface area contributed by atoms with Gasteiger partial charge >= 0.3 is 0 Å². The number of hydrogen-bond acceptors (Lipinski definition) is 3. The Morgan fingerprint density at radius 1 is 1.50 bits per heavy atom. The summed E-state index contributed by atoms with van der Waals surface area (Å²) in [5.41, 5.74) is 2.09. The van der Waals surface area contributed by atoms with Crippen LogP contribution in [0.2, 0.25) is 0 Å². The maximum absolute atomic E-state index is 12.2. The van der Waals surface area contributed by atoms with Crippen LogP contribution in [0.5, 0.6) is 0 Å². The van der Waals surface area contributed by atoms with E-state index in [1.54, 1.807) is 6.20 Å². The van der Waals surface area contributed by atoms with E-state index in [1.807, 2.05) is 12.1 Å². The van der Waals surface area contributed by atoms with Gasteiger partial charge in [-0.25, -0.2) is 0 Å². The maximum Gasteiger partial charge on any atom is 0.276 e. The minimum Gasteiger partial charge on any atom is -0.368 e. The highest BCUT2D eigenvalue weighted by atomic mass is 16.5. The second-order valence-corrected chi connectivity index (χ2v) is 5.02. The van der Waals surface area contributed by atoms with Crippen LogP contribution in [-0.2, 0) is 4.74 Å². The van der Waals surface area contributed by atoms with Crippen LogP contribution in [0.15, 0.2) is 24.4 Å². The highest BCUT2D eigenvalue weighted by Crippen LogP contribution is 2.23. The lowest BCUT2D eigenvalue weighted by Crippen LogP contribution is -2.38. The molecular formula is C14H16N2O2. The first-order valence-electron chi connectivity index (χ1n) is 6.30. The molecule has 1 aromatic carbocycles. The fourth-order valence-electron chi connectivity index (χ4n) is 2.14. The van der Waals surface area contributed by atoms with E-state index in [0.717, 1.165) is 17.3 Å². The van der Waals surface area contributed by atoms with Gasteiger partial charge in [0, 0.05) is 11.8 Å². The summed E-state index contributed by atoms with van der Waals surface area (Å²) in [5, 5.41) is 5.18. The topological polar surface area (TPSA) is 44.1 Å². The van der Waals surface area contributed by atoms with Crippen molar-refractivity contribution < 1.29 is 9.53 Å². The number of carbonyl (C=O) groups excluding carboxylic acids is 1. The molecule has 0 bridgehead atoms. The van der Waals surface area contributed by atoms with Gasteiger partial charge in [0.15, 0.2) is 0 Å². The number of nitrogens with zero attached hydrogens (tertiary/aromatic N) is 2. The van der Waals surface area contributed by atoms with E-state index in [4.69, 9.17) is 4.74 Å². The van der Waals surface area contributed by atoms with E-state index >= 15 is 0 Å². The van der Waals surface area contributed by atoms with Crippen molar-refractivity contribution in [2.75, 3.05) is 6.61 Å². The number of aromatic nitrogens is 2. The van der Waals surface area contributed by atoms with E-state index in [1.165, 1.54) is 10.2 Å². The first kappa shape index (κ1) is 11.4. The zero-order chi connectivity index (χ0) is 12.7. The number of carbonyl (C=O) groups is 1. The van der Waals surface area contributed by atoms with Crippen LogP contribution >= 0.6 is 0 Å². The van der Waals surface area contributed by atoms with Gasteiger partial charge in [0.2, 0.25) is 0 Å². The molecule has 1 aliphatic heterocycles. The molecule has 0 saturated carbocycles. The predicted octanol–water partition coefficient (Wildman–Crippen LogP) is 2.59. The summed E-state index contributed by atoms with van der Waals surface area (Å²) in [6.45, 7) is 4.95. The molecule has 3 rings (SSSR count). The zero-order valence-electron chi connectivity index (χ0n) is 10.6. The number of ether oxygens (including phenoxy) is 1. The van der Waals surface area contributed by atoms with Crippen LogP contribution in [0.1, 0.15) is 36.5 Å². The standard InChI is InChI=1S/C14H16N2O2/c1-9(2)10-3-4-11-8-15-16(12(11)7-10)14(17)13-5-6-18-13/h3-4,7-9,13H,5-6H2,1-2H3. The third-order valence-electron chi connectivity index (χ3n) is 3.44. The van der Waals surface area contributed by atoms with Crippen LogP contribution in [0, 0.1) is 0 Å². The van der Waals surface area contributed by atoms with E-state index in [9.17, 15) is 4.79 Å². The van der Waals surface area contributed by atoms with Crippen molar-refractivity contribution in [1.29, 1.82) is 0 Å². The number of rotatable bonds is 2. The van der Waals surface area contributed by atoms with Crippen molar-refractivity contribution in [3.63, 3.8) is 0 Å². The Bertz CT molecular complexity index is 597. The highest BCUT2D eigenvalue weighted by molar-refractivity contribution is 5.93. The summed E-state index contributed by atoms with van der Waals surface area (Å²) in [4.78, 5) is 12.2. The molecule has 1 unspecified atom stereocenters. The molecule has 0 radical (unpaired) electrons. The molecule has 18 heavy (non-hydrogen) atoms. The summed E-state index contributed by atoms with van der Waals surface area (Å²) in [6, 6.07) is 6.15. The molecule has 94 valence electrons. The molecule has 2 aromatic rings. The minimum atomic E-state index is -0.309. The third kappa shape index (κ3) is 1.73. The largest absolute Gasteiger partial charge is 0.368 e. The highest BCUT2D eigenvalue weighted by Gasteiger charge is 2.29. The Kier molecular flexibility index (Phi) is 2.67. The Morgan fingerprint density at radius 3 is 2.89 bits per heavy atom. The van der Waals surface area contributed by atoms with Crippen molar-refractivity contribution in [3.8, 4) is 0 Å². The predicted molar refractivity (Wildman–Crippen MR) is 68.8 cm³/mol. The average molecular weight is 244 g/mol. The second kappa shape index (κ2) is 4.21. The van der Waals surface area contributed by atoms with Crippen molar-refractivity contribution >= 4 is 16.8 Å². The molecule has 1 aliphatic rings. The van der Waals surface area contributed by atoms with Crippen molar-refractivity contribution in [2.45, 2.75) is 32.3 Å². The van der Waals surface area contributed by atoms with Crippen molar-refractivity contribution in [3.05, 3.63) is 30.0 Å². The molecule has 1 fully saturated rings. The van der Waals surface area contributed by atoms with Gasteiger partial charge in [0.25, 0.3) is 5.91 Å². The van der Waals surface area contributed by atoms with Crippen LogP contribution in [0.3, 0.4) is 0 Å². The fourth-order valence-corrected chi connectivity index (χ4v) is 2.14. The van der Waals surface area contributed by atoms with Gasteiger partial charge in [-0.1, -0.05) is 26.0 Å². The van der Waals surface area contributed by atoms with Crippen molar-refractivity contribution in [2.24, 2.45) is 0 Å². The molecule has 4 heteroatoms.